The second-order valence-corrected chi connectivity index (χ2v) is 10.2. The highest BCUT2D eigenvalue weighted by atomic mass is 16.6. The Hall–Kier alpha value is -4.09. The van der Waals surface area contributed by atoms with Crippen LogP contribution in [-0.2, 0) is 22.6 Å². The molecular weight excluding hydrogens is 474 g/mol. The Morgan fingerprint density at radius 2 is 1.55 bits per heavy atom. The summed E-state index contributed by atoms with van der Waals surface area (Å²) >= 11 is 0. The second-order valence-electron chi connectivity index (χ2n) is 10.2. The van der Waals surface area contributed by atoms with Crippen LogP contribution in [0, 0.1) is 6.92 Å². The fourth-order valence-electron chi connectivity index (χ4n) is 4.65. The van der Waals surface area contributed by atoms with Gasteiger partial charge in [0.15, 0.2) is 6.10 Å². The smallest absolute Gasteiger partial charge is 0.338 e. The molecule has 5 nitrogen and oxygen atoms in total. The number of carbonyl (C=O) groups is 1. The molecule has 0 bridgehead atoms. The standard InChI is InChI=1S/C33H33NO4/c1-23-14-16-24(17-15-23)21-34-27-18-19-29-28(20-27)30(36-22-25-10-6-4-7-11-25)31(33(2,3)38-29)37-32(35)26-12-8-5-9-13-26/h4-20,30-31,34H,21-22H2,1-3H3. The first-order valence-electron chi connectivity index (χ1n) is 12.9. The summed E-state index contributed by atoms with van der Waals surface area (Å²) in [5.74, 6) is 0.318. The molecule has 5 heteroatoms. The Morgan fingerprint density at radius 3 is 2.26 bits per heavy atom. The molecule has 2 unspecified atom stereocenters. The number of aryl methyl sites for hydroxylation is 1. The lowest BCUT2D eigenvalue weighted by molar-refractivity contribution is -0.143. The number of hydrogen-bond acceptors (Lipinski definition) is 5. The van der Waals surface area contributed by atoms with Gasteiger partial charge in [-0.2, -0.15) is 0 Å². The van der Waals surface area contributed by atoms with Gasteiger partial charge in [0.1, 0.15) is 17.5 Å². The molecule has 0 spiro atoms. The predicted molar refractivity (Wildman–Crippen MR) is 149 cm³/mol. The average molecular weight is 508 g/mol. The number of fused-ring (bicyclic) bond motifs is 1. The highest BCUT2D eigenvalue weighted by Crippen LogP contribution is 2.45. The fourth-order valence-corrected chi connectivity index (χ4v) is 4.65. The minimum Gasteiger partial charge on any atom is -0.483 e. The van der Waals surface area contributed by atoms with Gasteiger partial charge in [0.05, 0.1) is 12.2 Å². The number of nitrogens with one attached hydrogen (secondary N) is 1. The van der Waals surface area contributed by atoms with Gasteiger partial charge >= 0.3 is 5.97 Å². The fraction of sp³-hybridized carbons (Fsp3) is 0.242. The van der Waals surface area contributed by atoms with Crippen molar-refractivity contribution in [3.8, 4) is 5.75 Å². The van der Waals surface area contributed by atoms with Gasteiger partial charge in [0, 0.05) is 17.8 Å². The lowest BCUT2D eigenvalue weighted by Crippen LogP contribution is -2.51. The third kappa shape index (κ3) is 5.90. The molecule has 0 aliphatic carbocycles. The quantitative estimate of drug-likeness (QED) is 0.254. The zero-order valence-corrected chi connectivity index (χ0v) is 22.0. The van der Waals surface area contributed by atoms with E-state index in [1.165, 1.54) is 11.1 Å². The van der Waals surface area contributed by atoms with Crippen LogP contribution in [-0.4, -0.2) is 17.7 Å². The molecule has 2 atom stereocenters. The van der Waals surface area contributed by atoms with E-state index in [-0.39, 0.29) is 0 Å². The van der Waals surface area contributed by atoms with Crippen molar-refractivity contribution < 1.29 is 19.0 Å². The minimum absolute atomic E-state index is 0.376. The number of anilines is 1. The van der Waals surface area contributed by atoms with Crippen LogP contribution in [0.2, 0.25) is 0 Å². The highest BCUT2D eigenvalue weighted by molar-refractivity contribution is 5.89. The Bertz CT molecular complexity index is 1370. The Kier molecular flexibility index (Phi) is 7.47. The van der Waals surface area contributed by atoms with Crippen LogP contribution < -0.4 is 10.1 Å². The number of benzene rings is 4. The number of hydrogen-bond donors (Lipinski definition) is 1. The van der Waals surface area contributed by atoms with Crippen molar-refractivity contribution >= 4 is 11.7 Å². The van der Waals surface area contributed by atoms with Gasteiger partial charge in [-0.3, -0.25) is 0 Å². The summed E-state index contributed by atoms with van der Waals surface area (Å²) in [6, 6.07) is 33.5. The molecule has 5 rings (SSSR count). The molecule has 4 aromatic rings. The molecule has 1 N–H and O–H groups in total. The molecule has 0 amide bonds. The van der Waals surface area contributed by atoms with Crippen LogP contribution in [0.1, 0.15) is 52.6 Å². The van der Waals surface area contributed by atoms with Crippen LogP contribution in [0.5, 0.6) is 5.75 Å². The maximum absolute atomic E-state index is 13.1. The van der Waals surface area contributed by atoms with E-state index in [1.54, 1.807) is 12.1 Å². The van der Waals surface area contributed by atoms with Gasteiger partial charge in [-0.15, -0.1) is 0 Å². The van der Waals surface area contributed by atoms with Crippen molar-refractivity contribution in [3.05, 3.63) is 131 Å². The maximum atomic E-state index is 13.1. The van der Waals surface area contributed by atoms with E-state index in [1.807, 2.05) is 80.6 Å². The van der Waals surface area contributed by atoms with E-state index >= 15 is 0 Å². The van der Waals surface area contributed by atoms with Gasteiger partial charge in [-0.25, -0.2) is 4.79 Å². The van der Waals surface area contributed by atoms with Crippen molar-refractivity contribution in [2.75, 3.05) is 5.32 Å². The molecule has 4 aromatic carbocycles. The van der Waals surface area contributed by atoms with Crippen LogP contribution in [0.25, 0.3) is 0 Å². The normalized spacial score (nSPS) is 17.7. The monoisotopic (exact) mass is 507 g/mol. The summed E-state index contributed by atoms with van der Waals surface area (Å²) in [6.45, 7) is 7.01. The zero-order chi connectivity index (χ0) is 26.5. The maximum Gasteiger partial charge on any atom is 0.338 e. The van der Waals surface area contributed by atoms with Crippen LogP contribution in [0.4, 0.5) is 5.69 Å². The first-order chi connectivity index (χ1) is 18.4. The van der Waals surface area contributed by atoms with Crippen LogP contribution >= 0.6 is 0 Å². The topological polar surface area (TPSA) is 56.8 Å². The summed E-state index contributed by atoms with van der Waals surface area (Å²) in [5.41, 5.74) is 4.93. The van der Waals surface area contributed by atoms with E-state index < -0.39 is 23.8 Å². The Labute approximate surface area is 224 Å². The van der Waals surface area contributed by atoms with E-state index in [2.05, 4.69) is 36.5 Å². The van der Waals surface area contributed by atoms with Crippen LogP contribution in [0.3, 0.4) is 0 Å². The summed E-state index contributed by atoms with van der Waals surface area (Å²) < 4.78 is 19.0. The summed E-state index contributed by atoms with van der Waals surface area (Å²) in [6.07, 6.45) is -1.19. The van der Waals surface area contributed by atoms with E-state index in [0.717, 1.165) is 22.6 Å². The molecule has 0 aromatic heterocycles. The molecule has 0 fully saturated rings. The third-order valence-electron chi connectivity index (χ3n) is 6.78. The zero-order valence-electron chi connectivity index (χ0n) is 22.0. The van der Waals surface area contributed by atoms with Crippen LogP contribution in [0.15, 0.2) is 103 Å². The number of ether oxygens (including phenoxy) is 3. The van der Waals surface area contributed by atoms with Crippen molar-refractivity contribution in [2.45, 2.75) is 51.7 Å². The minimum atomic E-state index is -0.810. The summed E-state index contributed by atoms with van der Waals surface area (Å²) in [5, 5.41) is 3.51. The Balaban J connectivity index is 1.44. The first-order valence-corrected chi connectivity index (χ1v) is 12.9. The first kappa shape index (κ1) is 25.6. The van der Waals surface area contributed by atoms with E-state index in [4.69, 9.17) is 14.2 Å². The SMILES string of the molecule is Cc1ccc(CNc2ccc3c(c2)C(OCc2ccccc2)C(OC(=O)c2ccccc2)C(C)(C)O3)cc1. The lowest BCUT2D eigenvalue weighted by Gasteiger charge is -2.43. The van der Waals surface area contributed by atoms with Crippen molar-refractivity contribution in [3.63, 3.8) is 0 Å². The number of carbonyl (C=O) groups excluding carboxylic acids is 1. The molecule has 0 saturated heterocycles. The molecule has 38 heavy (non-hydrogen) atoms. The van der Waals surface area contributed by atoms with E-state index in [9.17, 15) is 4.79 Å². The third-order valence-corrected chi connectivity index (χ3v) is 6.78. The highest BCUT2D eigenvalue weighted by Gasteiger charge is 2.47. The van der Waals surface area contributed by atoms with Crippen molar-refractivity contribution in [2.24, 2.45) is 0 Å². The molecule has 1 heterocycles. The second kappa shape index (κ2) is 11.1. The predicted octanol–water partition coefficient (Wildman–Crippen LogP) is 7.26. The van der Waals surface area contributed by atoms with Crippen molar-refractivity contribution in [1.82, 2.24) is 0 Å². The molecular formula is C33H33NO4. The van der Waals surface area contributed by atoms with Gasteiger partial charge in [-0.1, -0.05) is 78.4 Å². The molecule has 1 aliphatic heterocycles. The van der Waals surface area contributed by atoms with E-state index in [0.29, 0.717) is 18.7 Å². The number of esters is 1. The van der Waals surface area contributed by atoms with Gasteiger partial charge in [0.2, 0.25) is 0 Å². The Morgan fingerprint density at radius 1 is 0.868 bits per heavy atom. The number of rotatable bonds is 8. The summed E-state index contributed by atoms with van der Waals surface area (Å²) in [7, 11) is 0. The largest absolute Gasteiger partial charge is 0.483 e. The summed E-state index contributed by atoms with van der Waals surface area (Å²) in [4.78, 5) is 13.1. The van der Waals surface area contributed by atoms with Crippen molar-refractivity contribution in [1.29, 1.82) is 0 Å². The molecule has 194 valence electrons. The van der Waals surface area contributed by atoms with Gasteiger partial charge in [-0.05, 0) is 62.2 Å². The molecule has 0 saturated carbocycles. The molecule has 1 aliphatic rings. The van der Waals surface area contributed by atoms with Gasteiger partial charge in [0.25, 0.3) is 0 Å². The lowest BCUT2D eigenvalue weighted by atomic mass is 9.87. The molecule has 0 radical (unpaired) electrons. The van der Waals surface area contributed by atoms with Gasteiger partial charge < -0.3 is 19.5 Å². The average Bonchev–Trinajstić information content (AvgIpc) is 2.93.